The minimum absolute atomic E-state index is 0.0851. The molecule has 0 amide bonds. The first-order valence-electron chi connectivity index (χ1n) is 26.9. The lowest BCUT2D eigenvalue weighted by molar-refractivity contribution is 0.669. The van der Waals surface area contributed by atoms with E-state index in [4.69, 9.17) is 30.5 Å². The van der Waals surface area contributed by atoms with Crippen LogP contribution in [0.15, 0.2) is 186 Å². The first-order chi connectivity index (χ1) is 34.3. The third-order valence-electron chi connectivity index (χ3n) is 8.43. The van der Waals surface area contributed by atoms with Crippen LogP contribution in [0.2, 0.25) is 0 Å². The first kappa shape index (κ1) is 12.9. The lowest BCUT2D eigenvalue weighted by Crippen LogP contribution is -1.91. The highest BCUT2D eigenvalue weighted by atomic mass is 16.3. The highest BCUT2D eigenvalue weighted by Gasteiger charge is 2.18. The van der Waals surface area contributed by atoms with Gasteiger partial charge in [0.25, 0.3) is 0 Å². The summed E-state index contributed by atoms with van der Waals surface area (Å²) in [7, 11) is 0. The summed E-state index contributed by atoms with van der Waals surface area (Å²) in [5.41, 5.74) is -2.51. The summed E-state index contributed by atoms with van der Waals surface area (Å²) in [6, 6.07) is -8.09. The Morgan fingerprint density at radius 3 is 1.33 bits per heavy atom. The fourth-order valence-electron chi connectivity index (χ4n) is 6.38. The maximum absolute atomic E-state index is 9.29. The Kier molecular flexibility index (Phi) is 2.91. The fraction of sp³-hybridized carbons (Fsp3) is 0. The Hall–Kier alpha value is -6.44. The van der Waals surface area contributed by atoms with Crippen LogP contribution in [-0.4, -0.2) is 0 Å². The summed E-state index contributed by atoms with van der Waals surface area (Å²) < 4.78 is 217. The molecule has 1 heteroatoms. The molecule has 0 atom stereocenters. The third-order valence-corrected chi connectivity index (χ3v) is 8.43. The molecule has 1 nitrogen and oxygen atoms in total. The summed E-state index contributed by atoms with van der Waals surface area (Å²) in [6.45, 7) is 0. The van der Waals surface area contributed by atoms with Crippen molar-refractivity contribution in [2.45, 2.75) is 0 Å². The predicted octanol–water partition coefficient (Wildman–Crippen LogP) is 13.7. The summed E-state index contributed by atoms with van der Waals surface area (Å²) >= 11 is 0. The molecule has 1 aromatic heterocycles. The second-order valence-corrected chi connectivity index (χ2v) is 11.0. The van der Waals surface area contributed by atoms with E-state index >= 15 is 0 Å². The van der Waals surface area contributed by atoms with Crippen molar-refractivity contribution in [3.63, 3.8) is 0 Å². The van der Waals surface area contributed by atoms with Crippen molar-refractivity contribution in [2.75, 3.05) is 0 Å². The van der Waals surface area contributed by atoms with Gasteiger partial charge in [0.05, 0.1) is 32.9 Å². The second kappa shape index (κ2) is 11.1. The highest BCUT2D eigenvalue weighted by Crippen LogP contribution is 2.45. The molecule has 0 saturated heterocycles. The van der Waals surface area contributed by atoms with E-state index < -0.39 is 173 Å². The molecule has 0 saturated carbocycles. The summed E-state index contributed by atoms with van der Waals surface area (Å²) in [5.74, 6) is 0. The molecule has 10 rings (SSSR count). The van der Waals surface area contributed by atoms with E-state index in [2.05, 4.69) is 0 Å². The fourth-order valence-corrected chi connectivity index (χ4v) is 6.38. The van der Waals surface area contributed by atoms with E-state index in [1.54, 1.807) is 24.3 Å². The van der Waals surface area contributed by atoms with Gasteiger partial charge in [0.15, 0.2) is 0 Å². The zero-order valence-electron chi connectivity index (χ0n) is 48.9. The molecule has 0 unspecified atom stereocenters. The van der Waals surface area contributed by atoms with Gasteiger partial charge in [0, 0.05) is 10.8 Å². The van der Waals surface area contributed by atoms with Crippen LogP contribution in [0.1, 0.15) is 32.9 Å². The van der Waals surface area contributed by atoms with Gasteiger partial charge in [-0.05, 0) is 101 Å². The minimum atomic E-state index is -0.801. The molecule has 9 aromatic carbocycles. The summed E-state index contributed by atoms with van der Waals surface area (Å²) in [4.78, 5) is 0. The number of fused-ring (bicyclic) bond motifs is 6. The first-order valence-corrected chi connectivity index (χ1v) is 14.9. The Morgan fingerprint density at radius 2 is 0.776 bits per heavy atom. The molecule has 0 aliphatic rings. The molecule has 0 aliphatic heterocycles. The normalized spacial score (nSPS) is 18.5. The SMILES string of the molecule is [2H]c1c([2H])c([2H])c(-c2c3c([2H])c([2H])c([2H])c([2H])c3c(-c3ccc4cc(-c5c([2H])c([2H])c([2H])c6oc7c([2H])c([2H])c([2H])c(-c8c([2H])c([2H])c([2H])c([2H])c8[2H])c7c56)ccc4c3)c3c([2H])c([2H])c([2H])c([2H])c23)c([2H])c1[2H]. The molecule has 0 bridgehead atoms. The summed E-state index contributed by atoms with van der Waals surface area (Å²) in [5, 5.41) is -0.901. The van der Waals surface area contributed by atoms with Crippen LogP contribution >= 0.6 is 0 Å². The molecule has 0 N–H and O–H groups in total. The Morgan fingerprint density at radius 1 is 0.347 bits per heavy atom. The lowest BCUT2D eigenvalue weighted by atomic mass is 9.85. The third kappa shape index (κ3) is 4.40. The van der Waals surface area contributed by atoms with Crippen molar-refractivity contribution in [3.8, 4) is 44.5 Å². The van der Waals surface area contributed by atoms with Crippen LogP contribution in [0.25, 0.3) is 98.8 Å². The molecular formula is C48H30O. The molecule has 0 fully saturated rings. The monoisotopic (exact) mass is 646 g/mol. The van der Waals surface area contributed by atoms with E-state index in [0.717, 1.165) is 0 Å². The van der Waals surface area contributed by atoms with Gasteiger partial charge >= 0.3 is 0 Å². The van der Waals surface area contributed by atoms with Crippen LogP contribution in [0.5, 0.6) is 0 Å². The largest absolute Gasteiger partial charge is 0.456 e. The molecular weight excluding hydrogens is 593 g/mol. The predicted molar refractivity (Wildman–Crippen MR) is 208 cm³/mol. The average molecular weight is 647 g/mol. The molecule has 228 valence electrons. The summed E-state index contributed by atoms with van der Waals surface area (Å²) in [6.07, 6.45) is 0. The van der Waals surface area contributed by atoms with E-state index in [-0.39, 0.29) is 60.2 Å². The number of benzene rings is 9. The Balaban J connectivity index is 1.31. The molecule has 0 spiro atoms. The Bertz CT molecular complexity index is 4120. The molecule has 10 aromatic rings. The topological polar surface area (TPSA) is 13.1 Å². The van der Waals surface area contributed by atoms with Gasteiger partial charge in [-0.15, -0.1) is 0 Å². The average Bonchev–Trinajstić information content (AvgIpc) is 3.77. The van der Waals surface area contributed by atoms with Crippen LogP contribution in [0, 0.1) is 0 Å². The van der Waals surface area contributed by atoms with Gasteiger partial charge in [-0.25, -0.2) is 0 Å². The Labute approximate surface area is 318 Å². The van der Waals surface area contributed by atoms with Crippen molar-refractivity contribution in [1.29, 1.82) is 0 Å². The van der Waals surface area contributed by atoms with Crippen LogP contribution in [0.4, 0.5) is 0 Å². The van der Waals surface area contributed by atoms with E-state index in [0.29, 0.717) is 10.8 Å². The van der Waals surface area contributed by atoms with Crippen LogP contribution in [0.3, 0.4) is 0 Å². The van der Waals surface area contributed by atoms with Gasteiger partial charge in [0.1, 0.15) is 11.2 Å². The smallest absolute Gasteiger partial charge is 0.136 e. The molecule has 0 aliphatic carbocycles. The van der Waals surface area contributed by atoms with Gasteiger partial charge in [-0.2, -0.15) is 0 Å². The van der Waals surface area contributed by atoms with Crippen molar-refractivity contribution in [3.05, 3.63) is 181 Å². The zero-order valence-corrected chi connectivity index (χ0v) is 24.9. The minimum Gasteiger partial charge on any atom is -0.456 e. The number of hydrogen-bond acceptors (Lipinski definition) is 1. The van der Waals surface area contributed by atoms with Gasteiger partial charge in [-0.1, -0.05) is 157 Å². The van der Waals surface area contributed by atoms with Crippen LogP contribution < -0.4 is 0 Å². The maximum Gasteiger partial charge on any atom is 0.136 e. The van der Waals surface area contributed by atoms with Crippen molar-refractivity contribution in [1.82, 2.24) is 0 Å². The van der Waals surface area contributed by atoms with Crippen molar-refractivity contribution >= 4 is 54.3 Å². The second-order valence-electron chi connectivity index (χ2n) is 11.0. The highest BCUT2D eigenvalue weighted by molar-refractivity contribution is 6.22. The van der Waals surface area contributed by atoms with E-state index in [9.17, 15) is 6.85 Å². The molecule has 49 heavy (non-hydrogen) atoms. The van der Waals surface area contributed by atoms with Gasteiger partial charge < -0.3 is 4.42 Å². The quantitative estimate of drug-likeness (QED) is 0.173. The number of furan rings is 1. The van der Waals surface area contributed by atoms with E-state index in [1.165, 1.54) is 12.1 Å². The van der Waals surface area contributed by atoms with Crippen LogP contribution in [-0.2, 0) is 0 Å². The molecule has 1 heterocycles. The number of hydrogen-bond donors (Lipinski definition) is 0. The zero-order chi connectivity index (χ0) is 53.2. The van der Waals surface area contributed by atoms with Gasteiger partial charge in [0.2, 0.25) is 0 Å². The standard InChI is InChI=1S/C48H30O/c1-3-13-31(14-4-1)37-21-11-23-43-47(37)48-38(22-12-24-44(48)49-43)35-27-25-34-30-36(28-26-33(34)29-35)46-41-19-9-7-17-39(41)45(32-15-5-2-6-16-32)40-18-8-10-20-42(40)46/h1-30H/i1D,2D,3D,4D,5D,6D,7D,8D,9D,10D,11D,12D,13D,14D,15D,16D,17D,18D,19D,20D,21D,22D,23D,24D. The van der Waals surface area contributed by atoms with Gasteiger partial charge in [-0.3, -0.25) is 0 Å². The van der Waals surface area contributed by atoms with E-state index in [1.807, 2.05) is 0 Å². The van der Waals surface area contributed by atoms with Crippen molar-refractivity contribution in [2.24, 2.45) is 0 Å². The lowest BCUT2D eigenvalue weighted by Gasteiger charge is -2.18. The molecule has 0 radical (unpaired) electrons. The van der Waals surface area contributed by atoms with Crippen molar-refractivity contribution < 1.29 is 37.3 Å². The maximum atomic E-state index is 9.29. The number of rotatable bonds is 4.